The van der Waals surface area contributed by atoms with Crippen LogP contribution in [0.5, 0.6) is 0 Å². The zero-order valence-corrected chi connectivity index (χ0v) is 16.1. The largest absolute Gasteiger partial charge is 0.352 e. The smallest absolute Gasteiger partial charge is 0.223 e. The fourth-order valence-corrected chi connectivity index (χ4v) is 4.82. The Balaban J connectivity index is 1.27. The van der Waals surface area contributed by atoms with E-state index in [9.17, 15) is 4.79 Å². The van der Waals surface area contributed by atoms with E-state index in [0.717, 1.165) is 44.8 Å². The van der Waals surface area contributed by atoms with Crippen molar-refractivity contribution >= 4 is 5.91 Å². The molecule has 1 saturated carbocycles. The molecule has 4 nitrogen and oxygen atoms in total. The van der Waals surface area contributed by atoms with Crippen LogP contribution in [-0.4, -0.2) is 37.0 Å². The van der Waals surface area contributed by atoms with Crippen LogP contribution < -0.4 is 10.6 Å². The number of hydrogen-bond acceptors (Lipinski definition) is 3. The van der Waals surface area contributed by atoms with Gasteiger partial charge in [0.05, 0.1) is 0 Å². The topological polar surface area (TPSA) is 44.4 Å². The molecular weight excluding hydrogens is 322 g/mol. The molecule has 1 aromatic rings. The predicted molar refractivity (Wildman–Crippen MR) is 105 cm³/mol. The van der Waals surface area contributed by atoms with Crippen molar-refractivity contribution in [3.8, 4) is 0 Å². The molecule has 0 aromatic heterocycles. The molecule has 1 atom stereocenters. The fourth-order valence-electron chi connectivity index (χ4n) is 4.82. The Morgan fingerprint density at radius 1 is 1.23 bits per heavy atom. The van der Waals surface area contributed by atoms with Crippen molar-refractivity contribution in [3.63, 3.8) is 0 Å². The number of benzene rings is 1. The van der Waals surface area contributed by atoms with Gasteiger partial charge in [-0.05, 0) is 80.7 Å². The molecule has 1 amide bonds. The SMILES string of the molecule is CC1CCN(Cc2cccc(CNC(=O)C3CC34CCNCC4)c2)CC1. The average molecular weight is 356 g/mol. The van der Waals surface area contributed by atoms with Gasteiger partial charge < -0.3 is 10.6 Å². The van der Waals surface area contributed by atoms with Crippen molar-refractivity contribution in [3.05, 3.63) is 35.4 Å². The molecule has 142 valence electrons. The minimum absolute atomic E-state index is 0.253. The Morgan fingerprint density at radius 2 is 1.96 bits per heavy atom. The van der Waals surface area contributed by atoms with Gasteiger partial charge in [-0.15, -0.1) is 0 Å². The molecule has 4 rings (SSSR count). The van der Waals surface area contributed by atoms with E-state index < -0.39 is 0 Å². The molecular formula is C22H33N3O. The zero-order chi connectivity index (χ0) is 18.0. The summed E-state index contributed by atoms with van der Waals surface area (Å²) in [5, 5.41) is 6.60. The van der Waals surface area contributed by atoms with E-state index in [2.05, 4.69) is 46.7 Å². The Kier molecular flexibility index (Phi) is 5.32. The molecule has 2 heterocycles. The second-order valence-corrected chi connectivity index (χ2v) is 8.87. The maximum absolute atomic E-state index is 12.5. The van der Waals surface area contributed by atoms with E-state index in [1.807, 2.05) is 0 Å². The van der Waals surface area contributed by atoms with Gasteiger partial charge in [0.25, 0.3) is 0 Å². The third-order valence-corrected chi connectivity index (χ3v) is 6.85. The van der Waals surface area contributed by atoms with Crippen molar-refractivity contribution in [1.29, 1.82) is 0 Å². The summed E-state index contributed by atoms with van der Waals surface area (Å²) in [6.45, 7) is 8.61. The third kappa shape index (κ3) is 4.12. The molecule has 3 aliphatic rings. The van der Waals surface area contributed by atoms with Crippen LogP contribution >= 0.6 is 0 Å². The Hall–Kier alpha value is -1.39. The normalized spacial score (nSPS) is 26.0. The Bertz CT molecular complexity index is 630. The first-order valence-electron chi connectivity index (χ1n) is 10.4. The number of nitrogens with zero attached hydrogens (tertiary/aromatic N) is 1. The van der Waals surface area contributed by atoms with Crippen molar-refractivity contribution in [2.45, 2.75) is 52.1 Å². The minimum atomic E-state index is 0.253. The second kappa shape index (κ2) is 7.69. The van der Waals surface area contributed by atoms with Crippen LogP contribution in [0.2, 0.25) is 0 Å². The quantitative estimate of drug-likeness (QED) is 0.854. The molecule has 2 saturated heterocycles. The van der Waals surface area contributed by atoms with E-state index in [-0.39, 0.29) is 11.8 Å². The summed E-state index contributed by atoms with van der Waals surface area (Å²) in [5.74, 6) is 1.39. The van der Waals surface area contributed by atoms with Crippen molar-refractivity contribution in [2.75, 3.05) is 26.2 Å². The summed E-state index contributed by atoms with van der Waals surface area (Å²) in [4.78, 5) is 15.1. The van der Waals surface area contributed by atoms with Gasteiger partial charge >= 0.3 is 0 Å². The molecule has 3 fully saturated rings. The van der Waals surface area contributed by atoms with Gasteiger partial charge in [0, 0.05) is 19.0 Å². The molecule has 0 radical (unpaired) electrons. The van der Waals surface area contributed by atoms with Crippen molar-refractivity contribution < 1.29 is 4.79 Å². The van der Waals surface area contributed by atoms with Gasteiger partial charge in [0.1, 0.15) is 0 Å². The minimum Gasteiger partial charge on any atom is -0.352 e. The summed E-state index contributed by atoms with van der Waals surface area (Å²) >= 11 is 0. The number of carbonyl (C=O) groups excluding carboxylic acids is 1. The first kappa shape index (κ1) is 18.0. The van der Waals surface area contributed by atoms with Gasteiger partial charge in [-0.3, -0.25) is 9.69 Å². The highest BCUT2D eigenvalue weighted by Crippen LogP contribution is 2.58. The fraction of sp³-hybridized carbons (Fsp3) is 0.682. The van der Waals surface area contributed by atoms with Crippen molar-refractivity contribution in [1.82, 2.24) is 15.5 Å². The molecule has 2 N–H and O–H groups in total. The summed E-state index contributed by atoms with van der Waals surface area (Å²) in [6.07, 6.45) is 6.04. The molecule has 1 aromatic carbocycles. The van der Waals surface area contributed by atoms with Crippen LogP contribution in [0.1, 0.15) is 50.2 Å². The van der Waals surface area contributed by atoms with Crippen LogP contribution in [0, 0.1) is 17.3 Å². The number of carbonyl (C=O) groups is 1. The number of rotatable bonds is 5. The average Bonchev–Trinajstić information content (AvgIpc) is 3.35. The first-order valence-corrected chi connectivity index (χ1v) is 10.4. The van der Waals surface area contributed by atoms with E-state index >= 15 is 0 Å². The standard InChI is InChI=1S/C22H33N3O/c1-17-5-11-25(12-6-17)16-19-4-2-3-18(13-19)15-24-21(26)20-14-22(20)7-9-23-10-8-22/h2-4,13,17,20,23H,5-12,14-16H2,1H3,(H,24,26). The number of amides is 1. The molecule has 1 spiro atoms. The van der Waals surface area contributed by atoms with Crippen molar-refractivity contribution in [2.24, 2.45) is 17.3 Å². The Morgan fingerprint density at radius 3 is 2.73 bits per heavy atom. The van der Waals surface area contributed by atoms with E-state index in [1.165, 1.54) is 37.1 Å². The lowest BCUT2D eigenvalue weighted by Crippen LogP contribution is -2.33. The van der Waals surface area contributed by atoms with Crippen LogP contribution in [0.25, 0.3) is 0 Å². The maximum Gasteiger partial charge on any atom is 0.223 e. The second-order valence-electron chi connectivity index (χ2n) is 8.87. The maximum atomic E-state index is 12.5. The van der Waals surface area contributed by atoms with E-state index in [1.54, 1.807) is 0 Å². The van der Waals surface area contributed by atoms with E-state index in [0.29, 0.717) is 12.0 Å². The highest BCUT2D eigenvalue weighted by atomic mass is 16.2. The molecule has 4 heteroatoms. The lowest BCUT2D eigenvalue weighted by molar-refractivity contribution is -0.123. The monoisotopic (exact) mass is 355 g/mol. The first-order chi connectivity index (χ1) is 12.6. The number of hydrogen-bond donors (Lipinski definition) is 2. The highest BCUT2D eigenvalue weighted by Gasteiger charge is 2.57. The van der Waals surface area contributed by atoms with Crippen LogP contribution in [-0.2, 0) is 17.9 Å². The molecule has 26 heavy (non-hydrogen) atoms. The van der Waals surface area contributed by atoms with Crippen LogP contribution in [0.3, 0.4) is 0 Å². The molecule has 1 aliphatic carbocycles. The molecule has 2 aliphatic heterocycles. The highest BCUT2D eigenvalue weighted by molar-refractivity contribution is 5.82. The lowest BCUT2D eigenvalue weighted by Gasteiger charge is -2.30. The molecule has 0 bridgehead atoms. The van der Waals surface area contributed by atoms with E-state index in [4.69, 9.17) is 0 Å². The number of nitrogens with one attached hydrogen (secondary N) is 2. The summed E-state index contributed by atoms with van der Waals surface area (Å²) in [7, 11) is 0. The summed E-state index contributed by atoms with van der Waals surface area (Å²) in [6, 6.07) is 8.75. The summed E-state index contributed by atoms with van der Waals surface area (Å²) < 4.78 is 0. The van der Waals surface area contributed by atoms with Gasteiger partial charge in [-0.1, -0.05) is 31.2 Å². The van der Waals surface area contributed by atoms with Gasteiger partial charge in [0.2, 0.25) is 5.91 Å². The number of likely N-dealkylation sites (tertiary alicyclic amines) is 1. The van der Waals surface area contributed by atoms with Crippen LogP contribution in [0.4, 0.5) is 0 Å². The number of piperidine rings is 2. The summed E-state index contributed by atoms with van der Waals surface area (Å²) in [5.41, 5.74) is 2.91. The van der Waals surface area contributed by atoms with Gasteiger partial charge in [-0.2, -0.15) is 0 Å². The molecule has 1 unspecified atom stereocenters. The van der Waals surface area contributed by atoms with Gasteiger partial charge in [0.15, 0.2) is 0 Å². The van der Waals surface area contributed by atoms with Crippen LogP contribution in [0.15, 0.2) is 24.3 Å². The Labute approximate surface area is 157 Å². The zero-order valence-electron chi connectivity index (χ0n) is 16.1. The lowest BCUT2D eigenvalue weighted by atomic mass is 9.92. The van der Waals surface area contributed by atoms with Gasteiger partial charge in [-0.25, -0.2) is 0 Å². The third-order valence-electron chi connectivity index (χ3n) is 6.85. The predicted octanol–water partition coefficient (Wildman–Crippen LogP) is 2.92.